The smallest absolute Gasteiger partial charge is 0.261 e. The summed E-state index contributed by atoms with van der Waals surface area (Å²) in [6.45, 7) is 2.60. The number of carbonyl (C=O) groups is 1. The van der Waals surface area contributed by atoms with Gasteiger partial charge in [-0.25, -0.2) is 9.37 Å². The summed E-state index contributed by atoms with van der Waals surface area (Å²) in [4.78, 5) is 28.8. The SMILES string of the molecule is CC(=O)c1cc(F)cc2c(=O)n(C)c(C3CCOCC3)nc12. The lowest BCUT2D eigenvalue weighted by molar-refractivity contribution is 0.0828. The molecule has 0 unspecified atom stereocenters. The van der Waals surface area contributed by atoms with Gasteiger partial charge in [-0.1, -0.05) is 0 Å². The summed E-state index contributed by atoms with van der Waals surface area (Å²) in [7, 11) is 1.64. The maximum Gasteiger partial charge on any atom is 0.261 e. The first-order chi connectivity index (χ1) is 10.5. The highest BCUT2D eigenvalue weighted by atomic mass is 19.1. The zero-order valence-electron chi connectivity index (χ0n) is 12.6. The molecule has 22 heavy (non-hydrogen) atoms. The van der Waals surface area contributed by atoms with Crippen LogP contribution in [-0.4, -0.2) is 28.5 Å². The van der Waals surface area contributed by atoms with Crippen molar-refractivity contribution in [1.82, 2.24) is 9.55 Å². The predicted octanol–water partition coefficient (Wildman–Crippen LogP) is 2.17. The quantitative estimate of drug-likeness (QED) is 0.798. The molecule has 0 aliphatic carbocycles. The lowest BCUT2D eigenvalue weighted by Crippen LogP contribution is -2.27. The number of halogens is 1. The Morgan fingerprint density at radius 3 is 2.68 bits per heavy atom. The Kier molecular flexibility index (Phi) is 3.78. The molecule has 1 fully saturated rings. The van der Waals surface area contributed by atoms with Crippen LogP contribution in [0.5, 0.6) is 0 Å². The molecule has 0 N–H and O–H groups in total. The second-order valence-electron chi connectivity index (χ2n) is 5.63. The molecule has 0 bridgehead atoms. The standard InChI is InChI=1S/C16H17FN2O3/c1-9(20)12-7-11(17)8-13-14(12)18-15(19(2)16(13)21)10-3-5-22-6-4-10/h7-8,10H,3-6H2,1-2H3. The summed E-state index contributed by atoms with van der Waals surface area (Å²) in [5.41, 5.74) is 0.119. The molecule has 0 saturated carbocycles. The second kappa shape index (κ2) is 5.61. The molecule has 0 amide bonds. The summed E-state index contributed by atoms with van der Waals surface area (Å²) >= 11 is 0. The van der Waals surface area contributed by atoms with Gasteiger partial charge in [-0.05, 0) is 31.9 Å². The fourth-order valence-corrected chi connectivity index (χ4v) is 2.95. The molecule has 1 aromatic carbocycles. The number of ketones is 1. The summed E-state index contributed by atoms with van der Waals surface area (Å²) < 4.78 is 20.5. The predicted molar refractivity (Wildman–Crippen MR) is 79.7 cm³/mol. The molecule has 2 heterocycles. The average molecular weight is 304 g/mol. The van der Waals surface area contributed by atoms with E-state index in [9.17, 15) is 14.0 Å². The highest BCUT2D eigenvalue weighted by molar-refractivity contribution is 6.05. The minimum atomic E-state index is -0.601. The number of hydrogen-bond acceptors (Lipinski definition) is 4. The van der Waals surface area contributed by atoms with Gasteiger partial charge >= 0.3 is 0 Å². The summed E-state index contributed by atoms with van der Waals surface area (Å²) in [6, 6.07) is 2.29. The molecule has 6 heteroatoms. The van der Waals surface area contributed by atoms with Crippen LogP contribution < -0.4 is 5.56 Å². The third-order valence-electron chi connectivity index (χ3n) is 4.15. The molecule has 1 aliphatic heterocycles. The second-order valence-corrected chi connectivity index (χ2v) is 5.63. The van der Waals surface area contributed by atoms with Gasteiger partial charge in [-0.15, -0.1) is 0 Å². The maximum atomic E-state index is 13.7. The molecule has 116 valence electrons. The van der Waals surface area contributed by atoms with Crippen molar-refractivity contribution < 1.29 is 13.9 Å². The van der Waals surface area contributed by atoms with Crippen LogP contribution in [0.25, 0.3) is 10.9 Å². The first-order valence-electron chi connectivity index (χ1n) is 7.28. The fraction of sp³-hybridized carbons (Fsp3) is 0.438. The van der Waals surface area contributed by atoms with E-state index in [-0.39, 0.29) is 28.2 Å². The van der Waals surface area contributed by atoms with E-state index in [1.807, 2.05) is 0 Å². The van der Waals surface area contributed by atoms with E-state index in [4.69, 9.17) is 4.74 Å². The van der Waals surface area contributed by atoms with Crippen molar-refractivity contribution in [3.63, 3.8) is 0 Å². The van der Waals surface area contributed by atoms with Crippen molar-refractivity contribution in [3.05, 3.63) is 39.7 Å². The van der Waals surface area contributed by atoms with Gasteiger partial charge in [-0.3, -0.25) is 14.2 Å². The van der Waals surface area contributed by atoms with E-state index >= 15 is 0 Å². The Hall–Kier alpha value is -2.08. The van der Waals surface area contributed by atoms with Crippen molar-refractivity contribution in [2.45, 2.75) is 25.7 Å². The Balaban J connectivity index is 2.29. The van der Waals surface area contributed by atoms with Gasteiger partial charge in [0.1, 0.15) is 11.6 Å². The molecule has 1 aromatic heterocycles. The van der Waals surface area contributed by atoms with Crippen LogP contribution in [0.2, 0.25) is 0 Å². The number of fused-ring (bicyclic) bond motifs is 1. The Morgan fingerprint density at radius 1 is 1.36 bits per heavy atom. The number of rotatable bonds is 2. The fourth-order valence-electron chi connectivity index (χ4n) is 2.95. The van der Waals surface area contributed by atoms with Crippen molar-refractivity contribution >= 4 is 16.7 Å². The molecule has 1 saturated heterocycles. The van der Waals surface area contributed by atoms with E-state index in [0.29, 0.717) is 24.6 Å². The summed E-state index contributed by atoms with van der Waals surface area (Å²) in [6.07, 6.45) is 1.56. The lowest BCUT2D eigenvalue weighted by atomic mass is 9.98. The van der Waals surface area contributed by atoms with Gasteiger partial charge in [0.25, 0.3) is 5.56 Å². The third-order valence-corrected chi connectivity index (χ3v) is 4.15. The third kappa shape index (κ3) is 2.43. The minimum absolute atomic E-state index is 0.112. The van der Waals surface area contributed by atoms with E-state index in [2.05, 4.69) is 4.98 Å². The van der Waals surface area contributed by atoms with Crippen LogP contribution >= 0.6 is 0 Å². The topological polar surface area (TPSA) is 61.2 Å². The van der Waals surface area contributed by atoms with Crippen LogP contribution in [0.1, 0.15) is 41.9 Å². The van der Waals surface area contributed by atoms with Crippen LogP contribution in [0.4, 0.5) is 4.39 Å². The van der Waals surface area contributed by atoms with E-state index < -0.39 is 5.82 Å². The zero-order valence-corrected chi connectivity index (χ0v) is 12.6. The van der Waals surface area contributed by atoms with Crippen LogP contribution in [0, 0.1) is 5.82 Å². The average Bonchev–Trinajstić information content (AvgIpc) is 2.51. The number of benzene rings is 1. The molecule has 3 rings (SSSR count). The van der Waals surface area contributed by atoms with Gasteiger partial charge in [0.05, 0.1) is 10.9 Å². The maximum absolute atomic E-state index is 13.7. The van der Waals surface area contributed by atoms with E-state index in [0.717, 1.165) is 25.0 Å². The normalized spacial score (nSPS) is 16.1. The first kappa shape index (κ1) is 14.8. The number of Topliss-reactive ketones (excluding diaryl/α,β-unsaturated/α-hetero) is 1. The number of carbonyl (C=O) groups excluding carboxylic acids is 1. The van der Waals surface area contributed by atoms with Crippen LogP contribution in [0.3, 0.4) is 0 Å². The van der Waals surface area contributed by atoms with Gasteiger partial charge in [0.2, 0.25) is 0 Å². The molecule has 5 nitrogen and oxygen atoms in total. The van der Waals surface area contributed by atoms with Gasteiger partial charge < -0.3 is 4.74 Å². The van der Waals surface area contributed by atoms with Crippen molar-refractivity contribution in [2.24, 2.45) is 7.05 Å². The molecule has 0 spiro atoms. The van der Waals surface area contributed by atoms with Crippen molar-refractivity contribution in [2.75, 3.05) is 13.2 Å². The first-order valence-corrected chi connectivity index (χ1v) is 7.28. The van der Waals surface area contributed by atoms with Gasteiger partial charge in [0, 0.05) is 31.7 Å². The molecular formula is C16H17FN2O3. The highest BCUT2D eigenvalue weighted by Gasteiger charge is 2.23. The highest BCUT2D eigenvalue weighted by Crippen LogP contribution is 2.26. The van der Waals surface area contributed by atoms with Gasteiger partial charge in [0.15, 0.2) is 5.78 Å². The van der Waals surface area contributed by atoms with Crippen LogP contribution in [-0.2, 0) is 11.8 Å². The number of ether oxygens (including phenoxy) is 1. The summed E-state index contributed by atoms with van der Waals surface area (Å²) in [5, 5.41) is 0.142. The minimum Gasteiger partial charge on any atom is -0.381 e. The molecule has 0 atom stereocenters. The Morgan fingerprint density at radius 2 is 2.05 bits per heavy atom. The monoisotopic (exact) mass is 304 g/mol. The zero-order chi connectivity index (χ0) is 15.9. The van der Waals surface area contributed by atoms with E-state index in [1.165, 1.54) is 11.5 Å². The molecule has 0 radical (unpaired) electrons. The molecule has 2 aromatic rings. The van der Waals surface area contributed by atoms with Crippen molar-refractivity contribution in [1.29, 1.82) is 0 Å². The molecular weight excluding hydrogens is 287 g/mol. The number of nitrogens with zero attached hydrogens (tertiary/aromatic N) is 2. The number of hydrogen-bond donors (Lipinski definition) is 0. The molecule has 1 aliphatic rings. The Labute approximate surface area is 126 Å². The number of aromatic nitrogens is 2. The van der Waals surface area contributed by atoms with Crippen molar-refractivity contribution in [3.8, 4) is 0 Å². The lowest BCUT2D eigenvalue weighted by Gasteiger charge is -2.23. The van der Waals surface area contributed by atoms with E-state index in [1.54, 1.807) is 7.05 Å². The Bertz CT molecular complexity index is 807. The van der Waals surface area contributed by atoms with Crippen LogP contribution in [0.15, 0.2) is 16.9 Å². The van der Waals surface area contributed by atoms with Gasteiger partial charge in [-0.2, -0.15) is 0 Å². The largest absolute Gasteiger partial charge is 0.381 e. The summed E-state index contributed by atoms with van der Waals surface area (Å²) in [5.74, 6) is -0.158.